The first-order valence-electron chi connectivity index (χ1n) is 8.86. The minimum absolute atomic E-state index is 0.0324. The summed E-state index contributed by atoms with van der Waals surface area (Å²) in [4.78, 5) is 24.1. The number of aryl methyl sites for hydroxylation is 1. The molecule has 0 radical (unpaired) electrons. The number of anilines is 2. The molecule has 0 aromatic heterocycles. The Balaban J connectivity index is 1.47. The van der Waals surface area contributed by atoms with E-state index in [2.05, 4.69) is 31.9 Å². The van der Waals surface area contributed by atoms with Crippen LogP contribution in [0.5, 0.6) is 0 Å². The van der Waals surface area contributed by atoms with Gasteiger partial charge in [-0.2, -0.15) is 0 Å². The number of carbonyl (C=O) groups excluding carboxylic acids is 2. The van der Waals surface area contributed by atoms with Crippen molar-refractivity contribution in [3.8, 4) is 11.1 Å². The van der Waals surface area contributed by atoms with E-state index >= 15 is 0 Å². The van der Waals surface area contributed by atoms with Crippen LogP contribution in [0.3, 0.4) is 0 Å². The van der Waals surface area contributed by atoms with Gasteiger partial charge in [0.25, 0.3) is 5.91 Å². The molecule has 3 N–H and O–H groups in total. The number of amides is 3. The van der Waals surface area contributed by atoms with Crippen molar-refractivity contribution in [3.63, 3.8) is 0 Å². The molecule has 0 atom stereocenters. The summed E-state index contributed by atoms with van der Waals surface area (Å²) in [5.74, 6) is -0.0324. The van der Waals surface area contributed by atoms with Crippen LogP contribution < -0.4 is 16.0 Å². The van der Waals surface area contributed by atoms with Crippen LogP contribution in [0.15, 0.2) is 65.1 Å². The van der Waals surface area contributed by atoms with E-state index in [0.29, 0.717) is 12.2 Å². The van der Waals surface area contributed by atoms with Crippen molar-refractivity contribution >= 4 is 39.2 Å². The van der Waals surface area contributed by atoms with Gasteiger partial charge in [0.05, 0.1) is 0 Å². The third-order valence-corrected chi connectivity index (χ3v) is 5.61. The standard InChI is InChI=1S/C22H18BrN3O2/c1-13-11-16(9-10-20(13)23)26-22(28)25-15-7-5-14(6-8-15)17-3-2-4-18-19(17)12-24-21(18)27/h2-11H,12H2,1H3,(H,24,27)(H2,25,26,28). The number of hydrogen-bond donors (Lipinski definition) is 3. The molecule has 3 aromatic carbocycles. The molecule has 1 aliphatic rings. The van der Waals surface area contributed by atoms with E-state index in [1.54, 1.807) is 0 Å². The minimum Gasteiger partial charge on any atom is -0.348 e. The molecule has 0 aliphatic carbocycles. The molecule has 3 aromatic rings. The number of benzene rings is 3. The Bertz CT molecular complexity index is 1080. The fourth-order valence-corrected chi connectivity index (χ4v) is 3.52. The van der Waals surface area contributed by atoms with Crippen molar-refractivity contribution in [1.29, 1.82) is 0 Å². The maximum Gasteiger partial charge on any atom is 0.323 e. The lowest BCUT2D eigenvalue weighted by Gasteiger charge is -2.11. The van der Waals surface area contributed by atoms with Gasteiger partial charge in [0.15, 0.2) is 0 Å². The second kappa shape index (κ2) is 7.48. The van der Waals surface area contributed by atoms with E-state index in [1.165, 1.54) is 0 Å². The predicted molar refractivity (Wildman–Crippen MR) is 115 cm³/mol. The van der Waals surface area contributed by atoms with Crippen LogP contribution in [0.25, 0.3) is 11.1 Å². The zero-order chi connectivity index (χ0) is 19.7. The van der Waals surface area contributed by atoms with Crippen LogP contribution in [-0.2, 0) is 6.54 Å². The van der Waals surface area contributed by atoms with Crippen molar-refractivity contribution in [3.05, 3.63) is 81.8 Å². The molecule has 28 heavy (non-hydrogen) atoms. The first-order chi connectivity index (χ1) is 13.5. The van der Waals surface area contributed by atoms with Crippen LogP contribution in [0.1, 0.15) is 21.5 Å². The summed E-state index contributed by atoms with van der Waals surface area (Å²) in [5.41, 5.74) is 6.23. The third-order valence-electron chi connectivity index (χ3n) is 4.72. The number of nitrogens with one attached hydrogen (secondary N) is 3. The van der Waals surface area contributed by atoms with Gasteiger partial charge in [-0.05, 0) is 65.6 Å². The van der Waals surface area contributed by atoms with E-state index in [9.17, 15) is 9.59 Å². The van der Waals surface area contributed by atoms with Crippen LogP contribution in [0, 0.1) is 6.92 Å². The van der Waals surface area contributed by atoms with Crippen LogP contribution >= 0.6 is 15.9 Å². The second-order valence-corrected chi connectivity index (χ2v) is 7.49. The zero-order valence-electron chi connectivity index (χ0n) is 15.2. The Morgan fingerprint density at radius 2 is 1.64 bits per heavy atom. The number of hydrogen-bond acceptors (Lipinski definition) is 2. The van der Waals surface area contributed by atoms with E-state index in [1.807, 2.05) is 67.6 Å². The molecule has 140 valence electrons. The van der Waals surface area contributed by atoms with Gasteiger partial charge in [-0.1, -0.05) is 40.2 Å². The summed E-state index contributed by atoms with van der Waals surface area (Å²) >= 11 is 3.45. The summed E-state index contributed by atoms with van der Waals surface area (Å²) in [6, 6.07) is 18.7. The largest absolute Gasteiger partial charge is 0.348 e. The smallest absolute Gasteiger partial charge is 0.323 e. The highest BCUT2D eigenvalue weighted by atomic mass is 79.9. The summed E-state index contributed by atoms with van der Waals surface area (Å²) in [6.45, 7) is 2.51. The molecular weight excluding hydrogens is 418 g/mol. The molecule has 5 nitrogen and oxygen atoms in total. The first kappa shape index (κ1) is 18.3. The van der Waals surface area contributed by atoms with Gasteiger partial charge in [-0.15, -0.1) is 0 Å². The molecule has 0 saturated heterocycles. The van der Waals surface area contributed by atoms with Crippen LogP contribution in [0.2, 0.25) is 0 Å². The lowest BCUT2D eigenvalue weighted by Crippen LogP contribution is -2.19. The summed E-state index contributed by atoms with van der Waals surface area (Å²) in [7, 11) is 0. The minimum atomic E-state index is -0.301. The van der Waals surface area contributed by atoms with Gasteiger partial charge in [-0.3, -0.25) is 4.79 Å². The maximum absolute atomic E-state index is 12.2. The Morgan fingerprint density at radius 1 is 0.964 bits per heavy atom. The van der Waals surface area contributed by atoms with E-state index in [4.69, 9.17) is 0 Å². The number of carbonyl (C=O) groups is 2. The number of fused-ring (bicyclic) bond motifs is 1. The average Bonchev–Trinajstić information content (AvgIpc) is 3.07. The lowest BCUT2D eigenvalue weighted by molar-refractivity contribution is 0.0965. The lowest BCUT2D eigenvalue weighted by atomic mass is 9.97. The molecule has 0 saturated carbocycles. The molecule has 6 heteroatoms. The molecule has 0 unspecified atom stereocenters. The number of halogens is 1. The highest BCUT2D eigenvalue weighted by molar-refractivity contribution is 9.10. The average molecular weight is 436 g/mol. The molecule has 3 amide bonds. The maximum atomic E-state index is 12.2. The second-order valence-electron chi connectivity index (χ2n) is 6.63. The van der Waals surface area contributed by atoms with E-state index in [0.717, 1.165) is 38.0 Å². The van der Waals surface area contributed by atoms with Crippen molar-refractivity contribution in [2.75, 3.05) is 10.6 Å². The normalized spacial score (nSPS) is 12.3. The van der Waals surface area contributed by atoms with E-state index in [-0.39, 0.29) is 11.9 Å². The first-order valence-corrected chi connectivity index (χ1v) is 9.65. The Labute approximate surface area is 171 Å². The fraction of sp³-hybridized carbons (Fsp3) is 0.0909. The Morgan fingerprint density at radius 3 is 2.39 bits per heavy atom. The molecule has 0 spiro atoms. The number of urea groups is 1. The highest BCUT2D eigenvalue weighted by Crippen LogP contribution is 2.30. The molecule has 0 fully saturated rings. The van der Waals surface area contributed by atoms with Gasteiger partial charge in [0, 0.05) is 28.0 Å². The molecule has 4 rings (SSSR count). The van der Waals surface area contributed by atoms with Crippen LogP contribution in [-0.4, -0.2) is 11.9 Å². The molecule has 1 aliphatic heterocycles. The summed E-state index contributed by atoms with van der Waals surface area (Å²) in [5, 5.41) is 8.52. The van der Waals surface area contributed by atoms with Crippen molar-refractivity contribution < 1.29 is 9.59 Å². The Kier molecular flexibility index (Phi) is 4.88. The Hall–Kier alpha value is -3.12. The van der Waals surface area contributed by atoms with Crippen molar-refractivity contribution in [2.24, 2.45) is 0 Å². The zero-order valence-corrected chi connectivity index (χ0v) is 16.8. The molecule has 1 heterocycles. The van der Waals surface area contributed by atoms with E-state index < -0.39 is 0 Å². The monoisotopic (exact) mass is 435 g/mol. The fourth-order valence-electron chi connectivity index (χ4n) is 3.27. The van der Waals surface area contributed by atoms with Gasteiger partial charge in [0.2, 0.25) is 0 Å². The summed E-state index contributed by atoms with van der Waals surface area (Å²) < 4.78 is 0.998. The van der Waals surface area contributed by atoms with Crippen LogP contribution in [0.4, 0.5) is 16.2 Å². The molecular formula is C22H18BrN3O2. The predicted octanol–water partition coefficient (Wildman–Crippen LogP) is 5.31. The van der Waals surface area contributed by atoms with Gasteiger partial charge in [0.1, 0.15) is 0 Å². The molecule has 0 bridgehead atoms. The van der Waals surface area contributed by atoms with Crippen molar-refractivity contribution in [2.45, 2.75) is 13.5 Å². The van der Waals surface area contributed by atoms with Gasteiger partial charge < -0.3 is 16.0 Å². The quantitative estimate of drug-likeness (QED) is 0.521. The highest BCUT2D eigenvalue weighted by Gasteiger charge is 2.21. The SMILES string of the molecule is Cc1cc(NC(=O)Nc2ccc(-c3cccc4c3CNC4=O)cc2)ccc1Br. The van der Waals surface area contributed by atoms with Crippen molar-refractivity contribution in [1.82, 2.24) is 5.32 Å². The topological polar surface area (TPSA) is 70.2 Å². The third kappa shape index (κ3) is 3.64. The summed E-state index contributed by atoms with van der Waals surface area (Å²) in [6.07, 6.45) is 0. The number of rotatable bonds is 3. The van der Waals surface area contributed by atoms with Gasteiger partial charge in [-0.25, -0.2) is 4.79 Å². The van der Waals surface area contributed by atoms with Gasteiger partial charge >= 0.3 is 6.03 Å².